The molecule has 1 rings (SSSR count). The second-order valence-electron chi connectivity index (χ2n) is 5.95. The van der Waals surface area contributed by atoms with Crippen LogP contribution in [0.4, 0.5) is 0 Å². The normalized spacial score (nSPS) is 14.3. The third-order valence-corrected chi connectivity index (χ3v) is 3.60. The molecule has 1 unspecified atom stereocenters. The number of nitrogens with one attached hydrogen (secondary N) is 1. The summed E-state index contributed by atoms with van der Waals surface area (Å²) < 4.78 is 0. The van der Waals surface area contributed by atoms with Crippen molar-refractivity contribution in [2.45, 2.75) is 32.9 Å². The van der Waals surface area contributed by atoms with Crippen molar-refractivity contribution in [1.82, 2.24) is 10.2 Å². The first kappa shape index (κ1) is 16.7. The van der Waals surface area contributed by atoms with E-state index in [4.69, 9.17) is 0 Å². The van der Waals surface area contributed by atoms with Crippen molar-refractivity contribution < 1.29 is 9.90 Å². The highest BCUT2D eigenvalue weighted by atomic mass is 16.3. The quantitative estimate of drug-likeness (QED) is 0.797. The maximum atomic E-state index is 11.8. The molecule has 1 amide bonds. The highest BCUT2D eigenvalue weighted by Gasteiger charge is 2.25. The SMILES string of the molecule is CC(C)C(C)(O)CNC(=O)CN(C)Cc1ccccc1. The second-order valence-corrected chi connectivity index (χ2v) is 5.95. The van der Waals surface area contributed by atoms with E-state index < -0.39 is 5.60 Å². The van der Waals surface area contributed by atoms with E-state index in [9.17, 15) is 9.90 Å². The van der Waals surface area contributed by atoms with Gasteiger partial charge in [-0.15, -0.1) is 0 Å². The number of amides is 1. The van der Waals surface area contributed by atoms with Gasteiger partial charge in [-0.2, -0.15) is 0 Å². The third kappa shape index (κ3) is 5.72. The molecule has 0 saturated carbocycles. The van der Waals surface area contributed by atoms with E-state index in [1.165, 1.54) is 5.56 Å². The number of carbonyl (C=O) groups is 1. The summed E-state index contributed by atoms with van der Waals surface area (Å²) in [6.45, 7) is 6.95. The summed E-state index contributed by atoms with van der Waals surface area (Å²) >= 11 is 0. The summed E-state index contributed by atoms with van der Waals surface area (Å²) in [5.74, 6) is 0.0363. The van der Waals surface area contributed by atoms with Gasteiger partial charge in [0.25, 0.3) is 0 Å². The van der Waals surface area contributed by atoms with E-state index in [1.54, 1.807) is 6.92 Å². The zero-order valence-corrected chi connectivity index (χ0v) is 12.9. The average molecular weight is 278 g/mol. The highest BCUT2D eigenvalue weighted by Crippen LogP contribution is 2.14. The molecule has 20 heavy (non-hydrogen) atoms. The van der Waals surface area contributed by atoms with Gasteiger partial charge in [0.05, 0.1) is 12.1 Å². The van der Waals surface area contributed by atoms with Gasteiger partial charge in [0.2, 0.25) is 5.91 Å². The zero-order valence-electron chi connectivity index (χ0n) is 12.9. The maximum Gasteiger partial charge on any atom is 0.234 e. The summed E-state index contributed by atoms with van der Waals surface area (Å²) in [4.78, 5) is 13.8. The van der Waals surface area contributed by atoms with Crippen LogP contribution in [0.25, 0.3) is 0 Å². The molecule has 1 aromatic carbocycles. The average Bonchev–Trinajstić information content (AvgIpc) is 2.37. The molecule has 4 nitrogen and oxygen atoms in total. The van der Waals surface area contributed by atoms with E-state index in [2.05, 4.69) is 5.32 Å². The molecule has 0 spiro atoms. The molecule has 0 aromatic heterocycles. The second kappa shape index (κ2) is 7.41. The van der Waals surface area contributed by atoms with Crippen LogP contribution in [0.15, 0.2) is 30.3 Å². The minimum atomic E-state index is -0.867. The lowest BCUT2D eigenvalue weighted by Crippen LogP contribution is -2.46. The van der Waals surface area contributed by atoms with Crippen LogP contribution >= 0.6 is 0 Å². The van der Waals surface area contributed by atoms with Crippen LogP contribution < -0.4 is 5.32 Å². The predicted octanol–water partition coefficient (Wildman–Crippen LogP) is 1.64. The molecule has 0 radical (unpaired) electrons. The van der Waals surface area contributed by atoms with Crippen LogP contribution in [0.5, 0.6) is 0 Å². The van der Waals surface area contributed by atoms with Gasteiger partial charge < -0.3 is 10.4 Å². The van der Waals surface area contributed by atoms with Crippen molar-refractivity contribution in [2.75, 3.05) is 20.1 Å². The molecule has 2 N–H and O–H groups in total. The van der Waals surface area contributed by atoms with Crippen LogP contribution in [-0.2, 0) is 11.3 Å². The Morgan fingerprint density at radius 2 is 1.95 bits per heavy atom. The molecular weight excluding hydrogens is 252 g/mol. The molecule has 1 aromatic rings. The zero-order chi connectivity index (χ0) is 15.2. The fourth-order valence-corrected chi connectivity index (χ4v) is 1.73. The Morgan fingerprint density at radius 1 is 1.35 bits per heavy atom. The largest absolute Gasteiger partial charge is 0.388 e. The number of benzene rings is 1. The van der Waals surface area contributed by atoms with Gasteiger partial charge in [0.1, 0.15) is 0 Å². The van der Waals surface area contributed by atoms with Gasteiger partial charge in [-0.25, -0.2) is 0 Å². The van der Waals surface area contributed by atoms with Crippen molar-refractivity contribution in [1.29, 1.82) is 0 Å². The standard InChI is InChI=1S/C16H26N2O2/c1-13(2)16(3,20)12-17-15(19)11-18(4)10-14-8-6-5-7-9-14/h5-9,13,20H,10-12H2,1-4H3,(H,17,19). The molecule has 0 aliphatic carbocycles. The first-order valence-corrected chi connectivity index (χ1v) is 7.03. The third-order valence-electron chi connectivity index (χ3n) is 3.60. The van der Waals surface area contributed by atoms with Gasteiger partial charge in [0, 0.05) is 13.1 Å². The Balaban J connectivity index is 2.35. The number of hydrogen-bond donors (Lipinski definition) is 2. The van der Waals surface area contributed by atoms with Crippen LogP contribution in [0.2, 0.25) is 0 Å². The molecule has 0 heterocycles. The van der Waals surface area contributed by atoms with Gasteiger partial charge in [0.15, 0.2) is 0 Å². The lowest BCUT2D eigenvalue weighted by molar-refractivity contribution is -0.123. The van der Waals surface area contributed by atoms with Crippen molar-refractivity contribution in [3.63, 3.8) is 0 Å². The summed E-state index contributed by atoms with van der Waals surface area (Å²) in [6, 6.07) is 10.0. The monoisotopic (exact) mass is 278 g/mol. The summed E-state index contributed by atoms with van der Waals surface area (Å²) in [6.07, 6.45) is 0. The van der Waals surface area contributed by atoms with Crippen molar-refractivity contribution >= 4 is 5.91 Å². The lowest BCUT2D eigenvalue weighted by Gasteiger charge is -2.28. The Hall–Kier alpha value is -1.39. The van der Waals surface area contributed by atoms with Crippen molar-refractivity contribution in [2.24, 2.45) is 5.92 Å². The molecule has 1 atom stereocenters. The smallest absolute Gasteiger partial charge is 0.234 e. The van der Waals surface area contributed by atoms with Gasteiger partial charge in [-0.1, -0.05) is 44.2 Å². The Kier molecular flexibility index (Phi) is 6.17. The summed E-state index contributed by atoms with van der Waals surface area (Å²) in [5, 5.41) is 12.9. The molecule has 4 heteroatoms. The number of nitrogens with zero attached hydrogens (tertiary/aromatic N) is 1. The number of aliphatic hydroxyl groups is 1. The van der Waals surface area contributed by atoms with Crippen LogP contribution in [0, 0.1) is 5.92 Å². The first-order valence-electron chi connectivity index (χ1n) is 7.03. The van der Waals surface area contributed by atoms with E-state index in [1.807, 2.05) is 56.1 Å². The molecule has 0 fully saturated rings. The molecule has 112 valence electrons. The molecule has 0 aliphatic heterocycles. The molecule has 0 aliphatic rings. The molecule has 0 saturated heterocycles. The fraction of sp³-hybridized carbons (Fsp3) is 0.562. The molecular formula is C16H26N2O2. The first-order chi connectivity index (χ1) is 9.31. The van der Waals surface area contributed by atoms with E-state index >= 15 is 0 Å². The van der Waals surface area contributed by atoms with Crippen molar-refractivity contribution in [3.8, 4) is 0 Å². The Bertz CT molecular complexity index is 416. The molecule has 0 bridgehead atoms. The minimum Gasteiger partial charge on any atom is -0.388 e. The maximum absolute atomic E-state index is 11.8. The predicted molar refractivity (Wildman–Crippen MR) is 81.2 cm³/mol. The number of likely N-dealkylation sites (N-methyl/N-ethyl adjacent to an activating group) is 1. The topological polar surface area (TPSA) is 52.6 Å². The summed E-state index contributed by atoms with van der Waals surface area (Å²) in [7, 11) is 1.91. The fourth-order valence-electron chi connectivity index (χ4n) is 1.73. The van der Waals surface area contributed by atoms with E-state index in [-0.39, 0.29) is 18.4 Å². The van der Waals surface area contributed by atoms with E-state index in [0.29, 0.717) is 6.54 Å². The van der Waals surface area contributed by atoms with Gasteiger partial charge >= 0.3 is 0 Å². The Morgan fingerprint density at radius 3 is 2.50 bits per heavy atom. The Labute approximate surface area is 121 Å². The van der Waals surface area contributed by atoms with Crippen LogP contribution in [0.1, 0.15) is 26.3 Å². The van der Waals surface area contributed by atoms with Gasteiger partial charge in [-0.3, -0.25) is 9.69 Å². The van der Waals surface area contributed by atoms with Crippen molar-refractivity contribution in [3.05, 3.63) is 35.9 Å². The number of carbonyl (C=O) groups excluding carboxylic acids is 1. The van der Waals surface area contributed by atoms with Gasteiger partial charge in [-0.05, 0) is 25.5 Å². The van der Waals surface area contributed by atoms with Crippen LogP contribution in [0.3, 0.4) is 0 Å². The minimum absolute atomic E-state index is 0.0654. The lowest BCUT2D eigenvalue weighted by atomic mass is 9.92. The highest BCUT2D eigenvalue weighted by molar-refractivity contribution is 5.78. The summed E-state index contributed by atoms with van der Waals surface area (Å²) in [5.41, 5.74) is 0.310. The number of rotatable bonds is 7. The van der Waals surface area contributed by atoms with E-state index in [0.717, 1.165) is 6.54 Å². The number of hydrogen-bond acceptors (Lipinski definition) is 3. The van der Waals surface area contributed by atoms with Crippen LogP contribution in [-0.4, -0.2) is 41.7 Å².